The monoisotopic (exact) mass is 248 g/mol. The molecule has 1 amide bonds. The molecule has 1 unspecified atom stereocenters. The third-order valence-electron chi connectivity index (χ3n) is 3.00. The predicted octanol–water partition coefficient (Wildman–Crippen LogP) is 2.68. The van der Waals surface area contributed by atoms with Crippen molar-refractivity contribution in [3.63, 3.8) is 0 Å². The zero-order valence-corrected chi connectivity index (χ0v) is 11.6. The van der Waals surface area contributed by atoms with Gasteiger partial charge in [0.05, 0.1) is 0 Å². The van der Waals surface area contributed by atoms with Crippen LogP contribution in [0.15, 0.2) is 30.3 Å². The standard InChI is InChI=1S/C15H24N2O/c1-4-5-11-17(14-9-7-6-8-10-14)15(18)13(2)12-16-3/h6-10,13,16H,4-5,11-12H2,1-3H3. The second kappa shape index (κ2) is 7.88. The fraction of sp³-hybridized carbons (Fsp3) is 0.533. The van der Waals surface area contributed by atoms with Gasteiger partial charge in [0, 0.05) is 24.7 Å². The number of amides is 1. The Morgan fingerprint density at radius 2 is 2.00 bits per heavy atom. The number of benzene rings is 1. The normalized spacial score (nSPS) is 12.2. The largest absolute Gasteiger partial charge is 0.319 e. The van der Waals surface area contributed by atoms with Crippen molar-refractivity contribution in [2.75, 3.05) is 25.0 Å². The lowest BCUT2D eigenvalue weighted by Crippen LogP contribution is -2.39. The highest BCUT2D eigenvalue weighted by Crippen LogP contribution is 2.17. The molecule has 0 fully saturated rings. The second-order valence-corrected chi connectivity index (χ2v) is 4.64. The molecular formula is C15H24N2O. The first kappa shape index (κ1) is 14.7. The lowest BCUT2D eigenvalue weighted by Gasteiger charge is -2.26. The molecule has 18 heavy (non-hydrogen) atoms. The third-order valence-corrected chi connectivity index (χ3v) is 3.00. The maximum absolute atomic E-state index is 12.4. The van der Waals surface area contributed by atoms with Crippen LogP contribution in [0.2, 0.25) is 0 Å². The van der Waals surface area contributed by atoms with Gasteiger partial charge in [-0.05, 0) is 25.6 Å². The van der Waals surface area contributed by atoms with Gasteiger partial charge in [0.1, 0.15) is 0 Å². The van der Waals surface area contributed by atoms with E-state index in [1.807, 2.05) is 49.2 Å². The summed E-state index contributed by atoms with van der Waals surface area (Å²) in [7, 11) is 1.88. The number of carbonyl (C=O) groups is 1. The molecular weight excluding hydrogens is 224 g/mol. The molecule has 3 heteroatoms. The molecule has 3 nitrogen and oxygen atoms in total. The Bertz CT molecular complexity index is 351. The summed E-state index contributed by atoms with van der Waals surface area (Å²) in [5, 5.41) is 3.06. The topological polar surface area (TPSA) is 32.3 Å². The summed E-state index contributed by atoms with van der Waals surface area (Å²) < 4.78 is 0. The van der Waals surface area contributed by atoms with Crippen molar-refractivity contribution < 1.29 is 4.79 Å². The first-order valence-corrected chi connectivity index (χ1v) is 6.71. The molecule has 1 rings (SSSR count). The van der Waals surface area contributed by atoms with E-state index in [1.165, 1.54) is 0 Å². The molecule has 0 aliphatic carbocycles. The van der Waals surface area contributed by atoms with Gasteiger partial charge in [0.15, 0.2) is 0 Å². The molecule has 0 heterocycles. The number of para-hydroxylation sites is 1. The Balaban J connectivity index is 2.81. The van der Waals surface area contributed by atoms with Crippen molar-refractivity contribution in [3.05, 3.63) is 30.3 Å². The molecule has 0 aliphatic heterocycles. The molecule has 0 saturated heterocycles. The highest BCUT2D eigenvalue weighted by Gasteiger charge is 2.20. The lowest BCUT2D eigenvalue weighted by atomic mass is 10.1. The van der Waals surface area contributed by atoms with Crippen LogP contribution in [0.4, 0.5) is 5.69 Å². The van der Waals surface area contributed by atoms with Gasteiger partial charge in [-0.3, -0.25) is 4.79 Å². The molecule has 1 atom stereocenters. The van der Waals surface area contributed by atoms with E-state index < -0.39 is 0 Å². The summed E-state index contributed by atoms with van der Waals surface area (Å²) in [5.74, 6) is 0.205. The SMILES string of the molecule is CCCCN(C(=O)C(C)CNC)c1ccccc1. The number of carbonyl (C=O) groups excluding carboxylic acids is 1. The fourth-order valence-corrected chi connectivity index (χ4v) is 1.95. The van der Waals surface area contributed by atoms with Gasteiger partial charge < -0.3 is 10.2 Å². The lowest BCUT2D eigenvalue weighted by molar-refractivity contribution is -0.121. The highest BCUT2D eigenvalue weighted by atomic mass is 16.2. The number of rotatable bonds is 7. The Labute approximate surface area is 110 Å². The molecule has 0 aliphatic rings. The predicted molar refractivity (Wildman–Crippen MR) is 76.8 cm³/mol. The minimum absolute atomic E-state index is 0.00654. The number of anilines is 1. The van der Waals surface area contributed by atoms with Crippen LogP contribution in [0.1, 0.15) is 26.7 Å². The van der Waals surface area contributed by atoms with Crippen LogP contribution >= 0.6 is 0 Å². The van der Waals surface area contributed by atoms with Crippen LogP contribution in [0, 0.1) is 5.92 Å². The van der Waals surface area contributed by atoms with Gasteiger partial charge in [0.2, 0.25) is 5.91 Å². The van der Waals surface area contributed by atoms with Crippen LogP contribution < -0.4 is 10.2 Å². The Morgan fingerprint density at radius 3 is 2.56 bits per heavy atom. The van der Waals surface area contributed by atoms with E-state index in [-0.39, 0.29) is 11.8 Å². The summed E-state index contributed by atoms with van der Waals surface area (Å²) in [6.07, 6.45) is 2.13. The first-order chi connectivity index (χ1) is 8.70. The number of unbranched alkanes of at least 4 members (excludes halogenated alkanes) is 1. The van der Waals surface area contributed by atoms with Crippen molar-refractivity contribution in [1.82, 2.24) is 5.32 Å². The van der Waals surface area contributed by atoms with Crippen molar-refractivity contribution in [3.8, 4) is 0 Å². The van der Waals surface area contributed by atoms with Crippen LogP contribution in [0.5, 0.6) is 0 Å². The van der Waals surface area contributed by atoms with Crippen LogP contribution in [0.25, 0.3) is 0 Å². The van der Waals surface area contributed by atoms with Gasteiger partial charge in [-0.2, -0.15) is 0 Å². The third kappa shape index (κ3) is 4.15. The van der Waals surface area contributed by atoms with Crippen molar-refractivity contribution >= 4 is 11.6 Å². The first-order valence-electron chi connectivity index (χ1n) is 6.71. The zero-order chi connectivity index (χ0) is 13.4. The fourth-order valence-electron chi connectivity index (χ4n) is 1.95. The Morgan fingerprint density at radius 1 is 1.33 bits per heavy atom. The maximum atomic E-state index is 12.4. The smallest absolute Gasteiger partial charge is 0.231 e. The second-order valence-electron chi connectivity index (χ2n) is 4.64. The molecule has 0 bridgehead atoms. The van der Waals surface area contributed by atoms with E-state index in [2.05, 4.69) is 12.2 Å². The molecule has 0 spiro atoms. The van der Waals surface area contributed by atoms with Gasteiger partial charge in [-0.25, -0.2) is 0 Å². The number of hydrogen-bond acceptors (Lipinski definition) is 2. The van der Waals surface area contributed by atoms with E-state index in [9.17, 15) is 4.79 Å². The van der Waals surface area contributed by atoms with Crippen LogP contribution in [-0.2, 0) is 4.79 Å². The summed E-state index contributed by atoms with van der Waals surface area (Å²) in [4.78, 5) is 14.3. The van der Waals surface area contributed by atoms with Crippen LogP contribution in [-0.4, -0.2) is 26.0 Å². The highest BCUT2D eigenvalue weighted by molar-refractivity contribution is 5.94. The van der Waals surface area contributed by atoms with Crippen LogP contribution in [0.3, 0.4) is 0 Å². The van der Waals surface area contributed by atoms with E-state index in [1.54, 1.807) is 0 Å². The van der Waals surface area contributed by atoms with Gasteiger partial charge in [-0.15, -0.1) is 0 Å². The van der Waals surface area contributed by atoms with Crippen molar-refractivity contribution in [2.24, 2.45) is 5.92 Å². The molecule has 1 aromatic rings. The van der Waals surface area contributed by atoms with Gasteiger partial charge >= 0.3 is 0 Å². The molecule has 0 aromatic heterocycles. The average Bonchev–Trinajstić information content (AvgIpc) is 2.40. The Hall–Kier alpha value is -1.35. The van der Waals surface area contributed by atoms with E-state index >= 15 is 0 Å². The minimum atomic E-state index is 0.00654. The molecule has 1 N–H and O–H groups in total. The average molecular weight is 248 g/mol. The quantitative estimate of drug-likeness (QED) is 0.804. The Kier molecular flexibility index (Phi) is 6.44. The zero-order valence-electron chi connectivity index (χ0n) is 11.6. The summed E-state index contributed by atoms with van der Waals surface area (Å²) in [6.45, 7) is 5.63. The maximum Gasteiger partial charge on any atom is 0.231 e. The molecule has 0 radical (unpaired) electrons. The summed E-state index contributed by atoms with van der Waals surface area (Å²) >= 11 is 0. The van der Waals surface area contributed by atoms with E-state index in [0.717, 1.165) is 25.1 Å². The number of nitrogens with zero attached hydrogens (tertiary/aromatic N) is 1. The molecule has 100 valence electrons. The summed E-state index contributed by atoms with van der Waals surface area (Å²) in [6, 6.07) is 9.93. The number of nitrogens with one attached hydrogen (secondary N) is 1. The summed E-state index contributed by atoms with van der Waals surface area (Å²) in [5.41, 5.74) is 0.999. The van der Waals surface area contributed by atoms with Gasteiger partial charge in [0.25, 0.3) is 0 Å². The van der Waals surface area contributed by atoms with Crippen molar-refractivity contribution in [1.29, 1.82) is 0 Å². The van der Waals surface area contributed by atoms with Crippen molar-refractivity contribution in [2.45, 2.75) is 26.7 Å². The molecule has 0 saturated carbocycles. The number of hydrogen-bond donors (Lipinski definition) is 1. The molecule has 1 aromatic carbocycles. The van der Waals surface area contributed by atoms with Gasteiger partial charge in [-0.1, -0.05) is 38.5 Å². The minimum Gasteiger partial charge on any atom is -0.319 e. The van der Waals surface area contributed by atoms with E-state index in [0.29, 0.717) is 6.54 Å². The van der Waals surface area contributed by atoms with E-state index in [4.69, 9.17) is 0 Å².